The summed E-state index contributed by atoms with van der Waals surface area (Å²) in [6, 6.07) is 0. The molecule has 0 saturated carbocycles. The van der Waals surface area contributed by atoms with Crippen molar-refractivity contribution >= 4 is 29.9 Å². The number of rotatable bonds is 4. The molecule has 2 saturated heterocycles. The summed E-state index contributed by atoms with van der Waals surface area (Å²) in [5.41, 5.74) is 0. The molecule has 11 nitrogen and oxygen atoms in total. The zero-order valence-electron chi connectivity index (χ0n) is 14.6. The Morgan fingerprint density at radius 3 is 2.04 bits per heavy atom. The van der Waals surface area contributed by atoms with Crippen LogP contribution in [0.5, 0.6) is 0 Å². The van der Waals surface area contributed by atoms with Gasteiger partial charge in [0.25, 0.3) is 0 Å². The Hall–Kier alpha value is -2.69. The van der Waals surface area contributed by atoms with Crippen LogP contribution in [0.15, 0.2) is 0 Å². The van der Waals surface area contributed by atoms with Crippen LogP contribution in [-0.4, -0.2) is 72.1 Å². The van der Waals surface area contributed by atoms with Gasteiger partial charge < -0.3 is 23.7 Å². The summed E-state index contributed by atoms with van der Waals surface area (Å²) in [4.78, 5) is 58.5. The van der Waals surface area contributed by atoms with E-state index >= 15 is 0 Å². The highest BCUT2D eigenvalue weighted by Gasteiger charge is 2.59. The van der Waals surface area contributed by atoms with Crippen LogP contribution < -0.4 is 0 Å². The van der Waals surface area contributed by atoms with Gasteiger partial charge >= 0.3 is 24.0 Å². The van der Waals surface area contributed by atoms with Gasteiger partial charge in [0, 0.05) is 27.7 Å². The molecule has 0 bridgehead atoms. The van der Waals surface area contributed by atoms with Crippen molar-refractivity contribution in [1.82, 2.24) is 4.90 Å². The highest BCUT2D eigenvalue weighted by molar-refractivity contribution is 5.92. The van der Waals surface area contributed by atoms with Gasteiger partial charge in [0.15, 0.2) is 24.5 Å². The molecule has 0 aromatic heterocycles. The molecule has 5 unspecified atom stereocenters. The number of hydrogen-bond acceptors (Lipinski definition) is 10. The SMILES string of the molecule is CC(=O)OCC1OC2C(OC(=O)N2C(C)=O)C(OC(C)=O)C1OC(C)=O. The van der Waals surface area contributed by atoms with Gasteiger partial charge in [-0.1, -0.05) is 0 Å². The number of fused-ring (bicyclic) bond motifs is 1. The normalized spacial score (nSPS) is 30.1. The van der Waals surface area contributed by atoms with Crippen molar-refractivity contribution in [1.29, 1.82) is 0 Å². The van der Waals surface area contributed by atoms with Crippen LogP contribution in [0.1, 0.15) is 27.7 Å². The number of ether oxygens (including phenoxy) is 5. The molecule has 0 spiro atoms. The van der Waals surface area contributed by atoms with E-state index in [4.69, 9.17) is 23.7 Å². The summed E-state index contributed by atoms with van der Waals surface area (Å²) < 4.78 is 26.0. The zero-order chi connectivity index (χ0) is 19.6. The Balaban J connectivity index is 2.38. The van der Waals surface area contributed by atoms with Crippen molar-refractivity contribution in [3.8, 4) is 0 Å². The van der Waals surface area contributed by atoms with Crippen molar-refractivity contribution in [3.63, 3.8) is 0 Å². The first-order valence-electron chi connectivity index (χ1n) is 7.75. The van der Waals surface area contributed by atoms with Crippen molar-refractivity contribution in [3.05, 3.63) is 0 Å². The fourth-order valence-electron chi connectivity index (χ4n) is 2.81. The molecule has 2 amide bonds. The second-order valence-corrected chi connectivity index (χ2v) is 5.75. The molecule has 11 heteroatoms. The van der Waals surface area contributed by atoms with Gasteiger partial charge in [0.05, 0.1) is 0 Å². The van der Waals surface area contributed by atoms with Crippen LogP contribution >= 0.6 is 0 Å². The molecule has 2 rings (SSSR count). The highest BCUT2D eigenvalue weighted by atomic mass is 16.7. The summed E-state index contributed by atoms with van der Waals surface area (Å²) in [7, 11) is 0. The first-order valence-corrected chi connectivity index (χ1v) is 7.75. The van der Waals surface area contributed by atoms with Crippen molar-refractivity contribution < 1.29 is 47.7 Å². The second-order valence-electron chi connectivity index (χ2n) is 5.75. The maximum Gasteiger partial charge on any atom is 0.419 e. The first kappa shape index (κ1) is 19.6. The molecule has 144 valence electrons. The Morgan fingerprint density at radius 2 is 1.54 bits per heavy atom. The third-order valence-electron chi connectivity index (χ3n) is 3.69. The Labute approximate surface area is 148 Å². The third kappa shape index (κ3) is 4.10. The lowest BCUT2D eigenvalue weighted by Gasteiger charge is -2.41. The predicted octanol–water partition coefficient (Wildman–Crippen LogP) is -0.495. The molecule has 0 aromatic carbocycles. The number of hydrogen-bond donors (Lipinski definition) is 0. The predicted molar refractivity (Wildman–Crippen MR) is 79.2 cm³/mol. The number of carbonyl (C=O) groups excluding carboxylic acids is 5. The van der Waals surface area contributed by atoms with Gasteiger partial charge in [0.2, 0.25) is 5.91 Å². The Morgan fingerprint density at radius 1 is 0.962 bits per heavy atom. The topological polar surface area (TPSA) is 135 Å². The highest BCUT2D eigenvalue weighted by Crippen LogP contribution is 2.35. The number of carbonyl (C=O) groups is 5. The smallest absolute Gasteiger partial charge is 0.419 e. The van der Waals surface area contributed by atoms with Gasteiger partial charge in [0.1, 0.15) is 12.7 Å². The minimum absolute atomic E-state index is 0.353. The lowest BCUT2D eigenvalue weighted by atomic mass is 9.97. The molecule has 2 aliphatic heterocycles. The average Bonchev–Trinajstić information content (AvgIpc) is 2.82. The first-order chi connectivity index (χ1) is 12.1. The van der Waals surface area contributed by atoms with Crippen LogP contribution in [0.2, 0.25) is 0 Å². The van der Waals surface area contributed by atoms with E-state index in [9.17, 15) is 24.0 Å². The van der Waals surface area contributed by atoms with Crippen molar-refractivity contribution in [2.45, 2.75) is 58.3 Å². The van der Waals surface area contributed by atoms with Crippen LogP contribution in [0.4, 0.5) is 4.79 Å². The molecular weight excluding hydrogens is 354 g/mol. The number of imide groups is 1. The minimum Gasteiger partial charge on any atom is -0.463 e. The molecule has 0 aromatic rings. The fraction of sp³-hybridized carbons (Fsp3) is 0.667. The van der Waals surface area contributed by atoms with Gasteiger partial charge in [-0.05, 0) is 0 Å². The molecular formula is C15H19NO10. The van der Waals surface area contributed by atoms with Gasteiger partial charge in [-0.2, -0.15) is 0 Å². The molecule has 5 atom stereocenters. The monoisotopic (exact) mass is 373 g/mol. The van der Waals surface area contributed by atoms with Crippen LogP contribution in [0.3, 0.4) is 0 Å². The van der Waals surface area contributed by atoms with E-state index in [1.807, 2.05) is 0 Å². The fourth-order valence-corrected chi connectivity index (χ4v) is 2.81. The number of nitrogens with zero attached hydrogens (tertiary/aromatic N) is 1. The van der Waals surface area contributed by atoms with Gasteiger partial charge in [-0.15, -0.1) is 0 Å². The van der Waals surface area contributed by atoms with Gasteiger partial charge in [-0.25, -0.2) is 9.69 Å². The van der Waals surface area contributed by atoms with E-state index in [1.54, 1.807) is 0 Å². The summed E-state index contributed by atoms with van der Waals surface area (Å²) in [5.74, 6) is -2.71. The van der Waals surface area contributed by atoms with Gasteiger partial charge in [-0.3, -0.25) is 19.2 Å². The van der Waals surface area contributed by atoms with Crippen LogP contribution in [-0.2, 0) is 42.9 Å². The maximum absolute atomic E-state index is 12.0. The molecule has 2 heterocycles. The molecule has 2 aliphatic rings. The standard InChI is InChI=1S/C15H19NO10/c1-6(17)16-14-13(26-15(16)21)12(24-9(4)20)11(23-8(3)19)10(25-14)5-22-7(2)18/h10-14H,5H2,1-4H3. The summed E-state index contributed by atoms with van der Waals surface area (Å²) >= 11 is 0. The average molecular weight is 373 g/mol. The summed E-state index contributed by atoms with van der Waals surface area (Å²) in [6.45, 7) is 4.19. The lowest BCUT2D eigenvalue weighted by Crippen LogP contribution is -2.62. The van der Waals surface area contributed by atoms with E-state index in [2.05, 4.69) is 0 Å². The Kier molecular flexibility index (Phi) is 5.80. The van der Waals surface area contributed by atoms with Crippen LogP contribution in [0, 0.1) is 0 Å². The lowest BCUT2D eigenvalue weighted by molar-refractivity contribution is -0.247. The van der Waals surface area contributed by atoms with Crippen molar-refractivity contribution in [2.24, 2.45) is 0 Å². The third-order valence-corrected chi connectivity index (χ3v) is 3.69. The number of esters is 3. The van der Waals surface area contributed by atoms with E-state index in [0.29, 0.717) is 4.90 Å². The van der Waals surface area contributed by atoms with Crippen molar-refractivity contribution in [2.75, 3.05) is 6.61 Å². The molecule has 0 aliphatic carbocycles. The van der Waals surface area contributed by atoms with E-state index in [0.717, 1.165) is 20.8 Å². The van der Waals surface area contributed by atoms with Crippen LogP contribution in [0.25, 0.3) is 0 Å². The van der Waals surface area contributed by atoms with E-state index in [1.165, 1.54) is 6.92 Å². The Bertz CT molecular complexity index is 632. The second kappa shape index (κ2) is 7.68. The maximum atomic E-state index is 12.0. The molecule has 0 N–H and O–H groups in total. The summed E-state index contributed by atoms with van der Waals surface area (Å²) in [5, 5.41) is 0. The van der Waals surface area contributed by atoms with E-state index in [-0.39, 0.29) is 6.61 Å². The molecule has 26 heavy (non-hydrogen) atoms. The largest absolute Gasteiger partial charge is 0.463 e. The summed E-state index contributed by atoms with van der Waals surface area (Å²) in [6.07, 6.45) is -6.96. The zero-order valence-corrected chi connectivity index (χ0v) is 14.6. The number of amides is 2. The van der Waals surface area contributed by atoms with E-state index < -0.39 is 60.6 Å². The minimum atomic E-state index is -1.25. The quantitative estimate of drug-likeness (QED) is 0.469. The molecule has 2 fully saturated rings. The molecule has 0 radical (unpaired) electrons.